The van der Waals surface area contributed by atoms with Gasteiger partial charge in [0.15, 0.2) is 5.79 Å². The molecule has 0 aromatic rings. The molecule has 1 N–H and O–H groups in total. The second-order valence-corrected chi connectivity index (χ2v) is 4.72. The third kappa shape index (κ3) is 1.83. The van der Waals surface area contributed by atoms with Gasteiger partial charge in [0.2, 0.25) is 0 Å². The predicted octanol–water partition coefficient (Wildman–Crippen LogP) is 0.187. The number of nitrogens with one attached hydrogen (secondary N) is 1. The highest BCUT2D eigenvalue weighted by Crippen LogP contribution is 2.37. The summed E-state index contributed by atoms with van der Waals surface area (Å²) in [5.74, 6) is -0.477. The van der Waals surface area contributed by atoms with E-state index >= 15 is 0 Å². The van der Waals surface area contributed by atoms with E-state index in [2.05, 4.69) is 5.32 Å². The maximum absolute atomic E-state index is 11.3. The van der Waals surface area contributed by atoms with Crippen molar-refractivity contribution in [2.75, 3.05) is 19.8 Å². The van der Waals surface area contributed by atoms with Gasteiger partial charge >= 0.3 is 5.97 Å². The lowest BCUT2D eigenvalue weighted by Gasteiger charge is -2.22. The van der Waals surface area contributed by atoms with Crippen molar-refractivity contribution in [3.63, 3.8) is 0 Å². The van der Waals surface area contributed by atoms with E-state index < -0.39 is 0 Å². The maximum Gasteiger partial charge on any atom is 0.323 e. The van der Waals surface area contributed by atoms with Gasteiger partial charge in [-0.05, 0) is 6.42 Å². The fourth-order valence-corrected chi connectivity index (χ4v) is 2.81. The average molecular weight is 227 g/mol. The van der Waals surface area contributed by atoms with Gasteiger partial charge in [-0.1, -0.05) is 0 Å². The molecule has 0 aromatic heterocycles. The zero-order valence-electron chi connectivity index (χ0n) is 9.24. The standard InChI is InChI=1S/C11H17NO4/c13-10-9(2-4-14-10)12-8-1-3-11(7-8)15-5-6-16-11/h8-9,12H,1-7H2. The van der Waals surface area contributed by atoms with Gasteiger partial charge in [0.25, 0.3) is 0 Å². The molecule has 0 aromatic carbocycles. The van der Waals surface area contributed by atoms with E-state index in [1.54, 1.807) is 0 Å². The molecule has 2 atom stereocenters. The van der Waals surface area contributed by atoms with Crippen LogP contribution in [0.2, 0.25) is 0 Å². The third-order valence-electron chi connectivity index (χ3n) is 3.62. The Balaban J connectivity index is 1.55. The average Bonchev–Trinajstić information content (AvgIpc) is 2.96. The summed E-state index contributed by atoms with van der Waals surface area (Å²) in [5.41, 5.74) is 0. The Morgan fingerprint density at radius 3 is 2.69 bits per heavy atom. The Labute approximate surface area is 94.4 Å². The lowest BCUT2D eigenvalue weighted by molar-refractivity contribution is -0.152. The molecule has 3 rings (SSSR count). The summed E-state index contributed by atoms with van der Waals surface area (Å²) in [6.45, 7) is 1.93. The number of ether oxygens (including phenoxy) is 3. The molecule has 3 aliphatic rings. The van der Waals surface area contributed by atoms with Crippen LogP contribution in [0.15, 0.2) is 0 Å². The van der Waals surface area contributed by atoms with E-state index in [0.717, 1.165) is 25.7 Å². The van der Waals surface area contributed by atoms with Crippen LogP contribution in [0.3, 0.4) is 0 Å². The largest absolute Gasteiger partial charge is 0.464 e. The highest BCUT2D eigenvalue weighted by atomic mass is 16.7. The van der Waals surface area contributed by atoms with E-state index in [4.69, 9.17) is 14.2 Å². The number of cyclic esters (lactones) is 1. The number of hydrogen-bond acceptors (Lipinski definition) is 5. The van der Waals surface area contributed by atoms with Crippen LogP contribution in [0.1, 0.15) is 25.7 Å². The van der Waals surface area contributed by atoms with Gasteiger partial charge in [0.05, 0.1) is 19.8 Å². The normalized spacial score (nSPS) is 37.1. The molecule has 1 spiro atoms. The van der Waals surface area contributed by atoms with Crippen molar-refractivity contribution in [1.29, 1.82) is 0 Å². The molecule has 0 amide bonds. The summed E-state index contributed by atoms with van der Waals surface area (Å²) < 4.78 is 16.2. The summed E-state index contributed by atoms with van der Waals surface area (Å²) in [4.78, 5) is 11.3. The molecule has 0 bridgehead atoms. The number of carbonyl (C=O) groups is 1. The first-order chi connectivity index (χ1) is 7.77. The lowest BCUT2D eigenvalue weighted by Crippen LogP contribution is -2.41. The molecule has 2 unspecified atom stereocenters. The van der Waals surface area contributed by atoms with Crippen LogP contribution in [0.5, 0.6) is 0 Å². The molecule has 1 saturated carbocycles. The van der Waals surface area contributed by atoms with Crippen molar-refractivity contribution in [3.05, 3.63) is 0 Å². The van der Waals surface area contributed by atoms with Crippen LogP contribution in [-0.2, 0) is 19.0 Å². The Hall–Kier alpha value is -0.650. The first-order valence-electron chi connectivity index (χ1n) is 5.98. The van der Waals surface area contributed by atoms with E-state index in [9.17, 15) is 4.79 Å². The monoisotopic (exact) mass is 227 g/mol. The van der Waals surface area contributed by atoms with Crippen molar-refractivity contribution in [2.24, 2.45) is 0 Å². The molecule has 0 radical (unpaired) electrons. The summed E-state index contributed by atoms with van der Waals surface area (Å²) in [7, 11) is 0. The molecule has 2 heterocycles. The van der Waals surface area contributed by atoms with Crippen molar-refractivity contribution in [1.82, 2.24) is 5.32 Å². The van der Waals surface area contributed by atoms with Crippen LogP contribution >= 0.6 is 0 Å². The van der Waals surface area contributed by atoms with Gasteiger partial charge in [-0.15, -0.1) is 0 Å². The molecule has 2 saturated heterocycles. The van der Waals surface area contributed by atoms with Crippen LogP contribution in [0, 0.1) is 0 Å². The first-order valence-corrected chi connectivity index (χ1v) is 5.98. The Kier molecular flexibility index (Phi) is 2.61. The Bertz CT molecular complexity index is 288. The van der Waals surface area contributed by atoms with Crippen molar-refractivity contribution >= 4 is 5.97 Å². The van der Waals surface area contributed by atoms with Gasteiger partial charge in [-0.2, -0.15) is 0 Å². The molecule has 90 valence electrons. The van der Waals surface area contributed by atoms with Crippen LogP contribution in [0.25, 0.3) is 0 Å². The van der Waals surface area contributed by atoms with Crippen molar-refractivity contribution < 1.29 is 19.0 Å². The van der Waals surface area contributed by atoms with Gasteiger partial charge in [-0.25, -0.2) is 0 Å². The number of esters is 1. The molecule has 2 aliphatic heterocycles. The molecular weight excluding hydrogens is 210 g/mol. The number of hydrogen-bond donors (Lipinski definition) is 1. The van der Waals surface area contributed by atoms with Gasteiger partial charge in [-0.3, -0.25) is 4.79 Å². The molecule has 5 heteroatoms. The van der Waals surface area contributed by atoms with E-state index in [1.807, 2.05) is 0 Å². The highest BCUT2D eigenvalue weighted by molar-refractivity contribution is 5.77. The smallest absolute Gasteiger partial charge is 0.323 e. The molecule has 3 fully saturated rings. The second-order valence-electron chi connectivity index (χ2n) is 4.72. The topological polar surface area (TPSA) is 56.8 Å². The number of rotatable bonds is 2. The van der Waals surface area contributed by atoms with Crippen LogP contribution in [0.4, 0.5) is 0 Å². The van der Waals surface area contributed by atoms with Gasteiger partial charge in [0, 0.05) is 25.3 Å². The molecular formula is C11H17NO4. The lowest BCUT2D eigenvalue weighted by atomic mass is 10.1. The zero-order valence-corrected chi connectivity index (χ0v) is 9.24. The van der Waals surface area contributed by atoms with Crippen LogP contribution < -0.4 is 5.32 Å². The molecule has 5 nitrogen and oxygen atoms in total. The summed E-state index contributed by atoms with van der Waals surface area (Å²) in [6.07, 6.45) is 3.55. The van der Waals surface area contributed by atoms with E-state index in [1.165, 1.54) is 0 Å². The zero-order chi connectivity index (χ0) is 11.0. The van der Waals surface area contributed by atoms with Gasteiger partial charge in [0.1, 0.15) is 6.04 Å². The number of carbonyl (C=O) groups excluding carboxylic acids is 1. The Morgan fingerprint density at radius 1 is 1.19 bits per heavy atom. The SMILES string of the molecule is O=C1OCCC1NC1CCC2(C1)OCCO2. The van der Waals surface area contributed by atoms with E-state index in [0.29, 0.717) is 25.9 Å². The third-order valence-corrected chi connectivity index (χ3v) is 3.62. The van der Waals surface area contributed by atoms with Crippen LogP contribution in [-0.4, -0.2) is 43.7 Å². The predicted molar refractivity (Wildman–Crippen MR) is 54.8 cm³/mol. The fourth-order valence-electron chi connectivity index (χ4n) is 2.81. The first kappa shape index (κ1) is 10.5. The highest BCUT2D eigenvalue weighted by Gasteiger charge is 2.45. The summed E-state index contributed by atoms with van der Waals surface area (Å²) in [6, 6.07) is 0.190. The molecule has 1 aliphatic carbocycles. The second kappa shape index (κ2) is 3.98. The van der Waals surface area contributed by atoms with E-state index in [-0.39, 0.29) is 17.8 Å². The maximum atomic E-state index is 11.3. The van der Waals surface area contributed by atoms with Crippen molar-refractivity contribution in [2.45, 2.75) is 43.6 Å². The molecule has 16 heavy (non-hydrogen) atoms. The van der Waals surface area contributed by atoms with Crippen molar-refractivity contribution in [3.8, 4) is 0 Å². The quantitative estimate of drug-likeness (QED) is 0.682. The summed E-state index contributed by atoms with van der Waals surface area (Å²) >= 11 is 0. The summed E-state index contributed by atoms with van der Waals surface area (Å²) in [5, 5.41) is 3.34. The minimum atomic E-state index is -0.361. The minimum Gasteiger partial charge on any atom is -0.464 e. The van der Waals surface area contributed by atoms with Gasteiger partial charge < -0.3 is 19.5 Å². The minimum absolute atomic E-state index is 0.116. The fraction of sp³-hybridized carbons (Fsp3) is 0.909. The Morgan fingerprint density at radius 2 is 2.00 bits per heavy atom.